The van der Waals surface area contributed by atoms with Crippen molar-refractivity contribution < 1.29 is 13.2 Å². The normalized spacial score (nSPS) is 15.9. The van der Waals surface area contributed by atoms with Gasteiger partial charge in [0.25, 0.3) is 0 Å². The molecule has 1 aromatic carbocycles. The second-order valence-electron chi connectivity index (χ2n) is 6.29. The third kappa shape index (κ3) is 3.95. The molecule has 1 aliphatic rings. The van der Waals surface area contributed by atoms with E-state index in [1.807, 2.05) is 45.8 Å². The van der Waals surface area contributed by atoms with Gasteiger partial charge in [-0.25, -0.2) is 18.4 Å². The summed E-state index contributed by atoms with van der Waals surface area (Å²) in [4.78, 5) is 8.46. The molecule has 1 saturated heterocycles. The monoisotopic (exact) mass is 387 g/mol. The molecule has 0 unspecified atom stereocenters. The van der Waals surface area contributed by atoms with Crippen molar-refractivity contribution in [3.63, 3.8) is 0 Å². The maximum absolute atomic E-state index is 12.5. The van der Waals surface area contributed by atoms with Crippen LogP contribution in [0.25, 0.3) is 17.1 Å². The van der Waals surface area contributed by atoms with Gasteiger partial charge in [0.1, 0.15) is 5.82 Å². The molecule has 27 heavy (non-hydrogen) atoms. The van der Waals surface area contributed by atoms with Gasteiger partial charge in [-0.2, -0.15) is 4.31 Å². The number of hydrogen-bond donors (Lipinski definition) is 0. The van der Waals surface area contributed by atoms with Gasteiger partial charge in [-0.3, -0.25) is 0 Å². The van der Waals surface area contributed by atoms with Gasteiger partial charge in [0.05, 0.1) is 25.3 Å². The third-order valence-electron chi connectivity index (χ3n) is 4.60. The average Bonchev–Trinajstić information content (AvgIpc) is 3.39. The molecule has 4 rings (SSSR count). The molecule has 1 aliphatic heterocycles. The average molecular weight is 387 g/mol. The smallest absolute Gasteiger partial charge is 0.216 e. The zero-order valence-corrected chi connectivity index (χ0v) is 15.6. The molecule has 0 amide bonds. The lowest BCUT2D eigenvalue weighted by atomic mass is 10.2. The van der Waals surface area contributed by atoms with E-state index in [1.54, 1.807) is 18.7 Å². The number of imidazole rings is 2. The molecule has 142 valence electrons. The van der Waals surface area contributed by atoms with Crippen LogP contribution in [0.5, 0.6) is 0 Å². The maximum atomic E-state index is 12.5. The van der Waals surface area contributed by atoms with Gasteiger partial charge in [-0.15, -0.1) is 0 Å². The van der Waals surface area contributed by atoms with Crippen LogP contribution in [-0.4, -0.2) is 63.9 Å². The van der Waals surface area contributed by atoms with E-state index in [2.05, 4.69) is 9.97 Å². The number of morpholine rings is 1. The predicted octanol–water partition coefficient (Wildman–Crippen LogP) is 1.40. The predicted molar refractivity (Wildman–Crippen MR) is 101 cm³/mol. The Labute approximate surface area is 158 Å². The summed E-state index contributed by atoms with van der Waals surface area (Å²) in [5, 5.41) is 0. The van der Waals surface area contributed by atoms with Crippen LogP contribution in [0.1, 0.15) is 0 Å². The van der Waals surface area contributed by atoms with Crippen LogP contribution >= 0.6 is 0 Å². The minimum Gasteiger partial charge on any atom is -0.379 e. The van der Waals surface area contributed by atoms with Gasteiger partial charge in [0.2, 0.25) is 10.0 Å². The van der Waals surface area contributed by atoms with Crippen LogP contribution < -0.4 is 0 Å². The largest absolute Gasteiger partial charge is 0.379 e. The summed E-state index contributed by atoms with van der Waals surface area (Å²) < 4.78 is 35.6. The van der Waals surface area contributed by atoms with E-state index in [9.17, 15) is 8.42 Å². The van der Waals surface area contributed by atoms with Crippen molar-refractivity contribution in [2.75, 3.05) is 32.1 Å². The minimum atomic E-state index is -3.30. The van der Waals surface area contributed by atoms with Gasteiger partial charge in [0, 0.05) is 55.7 Å². The first-order valence-electron chi connectivity index (χ1n) is 8.79. The van der Waals surface area contributed by atoms with E-state index in [0.717, 1.165) is 17.1 Å². The number of nitrogens with zero attached hydrogens (tertiary/aromatic N) is 5. The maximum Gasteiger partial charge on any atom is 0.216 e. The van der Waals surface area contributed by atoms with Gasteiger partial charge < -0.3 is 13.9 Å². The summed E-state index contributed by atoms with van der Waals surface area (Å²) in [6.07, 6.45) is 8.86. The highest BCUT2D eigenvalue weighted by molar-refractivity contribution is 7.89. The number of aromatic nitrogens is 4. The topological polar surface area (TPSA) is 82.2 Å². The van der Waals surface area contributed by atoms with E-state index < -0.39 is 10.0 Å². The molecule has 1 fully saturated rings. The minimum absolute atomic E-state index is 0.0451. The highest BCUT2D eigenvalue weighted by Gasteiger charge is 2.24. The number of ether oxygens (including phenoxy) is 1. The first kappa shape index (κ1) is 17.9. The van der Waals surface area contributed by atoms with Gasteiger partial charge in [-0.1, -0.05) is 0 Å². The van der Waals surface area contributed by atoms with Crippen LogP contribution in [0.15, 0.2) is 55.4 Å². The molecular formula is C18H21N5O3S. The summed E-state index contributed by atoms with van der Waals surface area (Å²) in [5.74, 6) is 0.799. The van der Waals surface area contributed by atoms with E-state index in [0.29, 0.717) is 32.8 Å². The lowest BCUT2D eigenvalue weighted by molar-refractivity contribution is 0.0730. The third-order valence-corrected chi connectivity index (χ3v) is 6.45. The van der Waals surface area contributed by atoms with E-state index in [1.165, 1.54) is 4.31 Å². The second-order valence-corrected chi connectivity index (χ2v) is 8.38. The lowest BCUT2D eigenvalue weighted by Crippen LogP contribution is -2.42. The Morgan fingerprint density at radius 3 is 2.52 bits per heavy atom. The quantitative estimate of drug-likeness (QED) is 0.639. The number of hydrogen-bond acceptors (Lipinski definition) is 5. The lowest BCUT2D eigenvalue weighted by Gasteiger charge is -2.26. The molecule has 3 aromatic rings. The number of sulfonamides is 1. The highest BCUT2D eigenvalue weighted by Crippen LogP contribution is 2.20. The molecule has 0 bridgehead atoms. The number of aryl methyl sites for hydroxylation is 1. The summed E-state index contributed by atoms with van der Waals surface area (Å²) in [7, 11) is -3.30. The van der Waals surface area contributed by atoms with Crippen molar-refractivity contribution in [2.24, 2.45) is 0 Å². The van der Waals surface area contributed by atoms with E-state index >= 15 is 0 Å². The van der Waals surface area contributed by atoms with Crippen molar-refractivity contribution in [3.05, 3.63) is 55.4 Å². The summed E-state index contributed by atoms with van der Waals surface area (Å²) in [6, 6.07) is 7.93. The van der Waals surface area contributed by atoms with Gasteiger partial charge in [0.15, 0.2) is 0 Å². The SMILES string of the molecule is O=S(=O)(CCn1ccnc1-c1ccc(-n2ccnc2)cc1)N1CCOCC1. The fraction of sp³-hybridized carbons (Fsp3) is 0.333. The molecule has 3 heterocycles. The Bertz CT molecular complexity index is 974. The fourth-order valence-corrected chi connectivity index (χ4v) is 4.50. The molecule has 0 radical (unpaired) electrons. The van der Waals surface area contributed by atoms with E-state index in [4.69, 9.17) is 4.74 Å². The molecule has 0 N–H and O–H groups in total. The van der Waals surface area contributed by atoms with Gasteiger partial charge in [-0.05, 0) is 24.3 Å². The molecule has 0 aliphatic carbocycles. The molecular weight excluding hydrogens is 366 g/mol. The second kappa shape index (κ2) is 7.63. The van der Waals surface area contributed by atoms with Crippen LogP contribution in [0.4, 0.5) is 0 Å². The zero-order valence-electron chi connectivity index (χ0n) is 14.8. The summed E-state index contributed by atoms with van der Waals surface area (Å²) >= 11 is 0. The Hall–Kier alpha value is -2.49. The molecule has 0 atom stereocenters. The molecule has 9 heteroatoms. The molecule has 2 aromatic heterocycles. The number of benzene rings is 1. The van der Waals surface area contributed by atoms with Crippen LogP contribution in [0.2, 0.25) is 0 Å². The van der Waals surface area contributed by atoms with Crippen molar-refractivity contribution in [3.8, 4) is 17.1 Å². The standard InChI is InChI=1S/C18H21N5O3S/c24-27(25,23-9-12-26-13-10-23)14-11-21-8-6-20-18(21)16-1-3-17(4-2-16)22-7-5-19-15-22/h1-8,15H,9-14H2. The van der Waals surface area contributed by atoms with Gasteiger partial charge >= 0.3 is 0 Å². The Kier molecular flexibility index (Phi) is 5.06. The molecule has 0 spiro atoms. The van der Waals surface area contributed by atoms with Crippen LogP contribution in [0.3, 0.4) is 0 Å². The summed E-state index contributed by atoms with van der Waals surface area (Å²) in [6.45, 7) is 2.12. The van der Waals surface area contributed by atoms with Crippen molar-refractivity contribution in [1.82, 2.24) is 23.4 Å². The Morgan fingerprint density at radius 2 is 1.81 bits per heavy atom. The first-order valence-corrected chi connectivity index (χ1v) is 10.4. The van der Waals surface area contributed by atoms with Crippen molar-refractivity contribution in [2.45, 2.75) is 6.54 Å². The van der Waals surface area contributed by atoms with Crippen molar-refractivity contribution >= 4 is 10.0 Å². The zero-order chi connectivity index (χ0) is 18.7. The first-order chi connectivity index (χ1) is 13.1. The molecule has 8 nitrogen and oxygen atoms in total. The summed E-state index contributed by atoms with van der Waals surface area (Å²) in [5.41, 5.74) is 1.94. The Balaban J connectivity index is 1.48. The van der Waals surface area contributed by atoms with Crippen LogP contribution in [-0.2, 0) is 21.3 Å². The molecule has 0 saturated carbocycles. The van der Waals surface area contributed by atoms with Crippen LogP contribution in [0, 0.1) is 0 Å². The van der Waals surface area contributed by atoms with Crippen molar-refractivity contribution in [1.29, 1.82) is 0 Å². The Morgan fingerprint density at radius 1 is 1.04 bits per heavy atom. The highest BCUT2D eigenvalue weighted by atomic mass is 32.2. The fourth-order valence-electron chi connectivity index (χ4n) is 3.11. The van der Waals surface area contributed by atoms with E-state index in [-0.39, 0.29) is 5.75 Å². The number of rotatable bonds is 6.